The fraction of sp³-hybridized carbons (Fsp3) is 0.167. The van der Waals surface area contributed by atoms with Crippen molar-refractivity contribution in [1.29, 1.82) is 0 Å². The molecule has 1 atom stereocenters. The summed E-state index contributed by atoms with van der Waals surface area (Å²) in [7, 11) is 0. The van der Waals surface area contributed by atoms with Gasteiger partial charge in [-0.2, -0.15) is 0 Å². The highest BCUT2D eigenvalue weighted by molar-refractivity contribution is 7.98. The number of hydrogen-bond donors (Lipinski definition) is 0. The van der Waals surface area contributed by atoms with Gasteiger partial charge >= 0.3 is 0 Å². The Kier molecular flexibility index (Phi) is 5.15. The number of thioether (sulfide) groups is 1. The van der Waals surface area contributed by atoms with Crippen molar-refractivity contribution in [2.75, 3.05) is 6.26 Å². The molecule has 2 aliphatic rings. The first-order chi connectivity index (χ1) is 18.4. The highest BCUT2D eigenvalue weighted by Crippen LogP contribution is 2.58. The van der Waals surface area contributed by atoms with Gasteiger partial charge in [-0.3, -0.25) is 0 Å². The van der Waals surface area contributed by atoms with Crippen LogP contribution in [0.15, 0.2) is 108 Å². The minimum Gasteiger partial charge on any atom is -0.472 e. The Balaban J connectivity index is 1.54. The van der Waals surface area contributed by atoms with E-state index in [1.165, 1.54) is 43.7 Å². The van der Waals surface area contributed by atoms with E-state index >= 15 is 0 Å². The van der Waals surface area contributed by atoms with Crippen molar-refractivity contribution in [2.24, 2.45) is 0 Å². The molecule has 0 N–H and O–H groups in total. The molecular formula is C36H30OS. The summed E-state index contributed by atoms with van der Waals surface area (Å²) in [5.41, 5.74) is 9.36. The van der Waals surface area contributed by atoms with Gasteiger partial charge in [-0.1, -0.05) is 110 Å². The summed E-state index contributed by atoms with van der Waals surface area (Å²) in [4.78, 5) is 1.25. The maximum absolute atomic E-state index is 7.33. The number of aryl methyl sites for hydroxylation is 1. The Morgan fingerprint density at radius 3 is 2.16 bits per heavy atom. The topological polar surface area (TPSA) is 9.23 Å². The SMILES string of the molecule is CSc1ccc(C2(c3ccccc3)C=Cc3c4c(c5ccccc5c3O2)-c2ccc(C)cc2C4(C)C)cc1. The fourth-order valence-electron chi connectivity index (χ4n) is 6.55. The molecule has 0 amide bonds. The number of fused-ring (bicyclic) bond motifs is 8. The minimum absolute atomic E-state index is 0.134. The van der Waals surface area contributed by atoms with Gasteiger partial charge in [0.05, 0.1) is 0 Å². The van der Waals surface area contributed by atoms with Crippen LogP contribution in [-0.2, 0) is 11.0 Å². The third kappa shape index (κ3) is 3.20. The summed E-state index contributed by atoms with van der Waals surface area (Å²) < 4.78 is 7.33. The number of rotatable bonds is 3. The first-order valence-corrected chi connectivity index (χ1v) is 14.5. The third-order valence-electron chi connectivity index (χ3n) is 8.42. The van der Waals surface area contributed by atoms with Gasteiger partial charge < -0.3 is 4.74 Å². The molecule has 0 spiro atoms. The van der Waals surface area contributed by atoms with E-state index in [4.69, 9.17) is 4.74 Å². The lowest BCUT2D eigenvalue weighted by Crippen LogP contribution is -2.35. The molecule has 7 rings (SSSR count). The van der Waals surface area contributed by atoms with E-state index < -0.39 is 5.60 Å². The first-order valence-electron chi connectivity index (χ1n) is 13.2. The Morgan fingerprint density at radius 2 is 1.42 bits per heavy atom. The molecule has 2 heteroatoms. The molecule has 1 nitrogen and oxygen atoms in total. The summed E-state index contributed by atoms with van der Waals surface area (Å²) >= 11 is 1.76. The van der Waals surface area contributed by atoms with Gasteiger partial charge in [-0.05, 0) is 59.0 Å². The minimum atomic E-state index is -0.714. The molecule has 0 bridgehead atoms. The fourth-order valence-corrected chi connectivity index (χ4v) is 6.96. The summed E-state index contributed by atoms with van der Waals surface area (Å²) in [6.07, 6.45) is 6.72. The van der Waals surface area contributed by atoms with E-state index in [-0.39, 0.29) is 5.41 Å². The maximum Gasteiger partial charge on any atom is 0.178 e. The van der Waals surface area contributed by atoms with Crippen LogP contribution in [0.25, 0.3) is 28.0 Å². The zero-order valence-electron chi connectivity index (χ0n) is 22.2. The molecule has 1 unspecified atom stereocenters. The second kappa shape index (κ2) is 8.38. The third-order valence-corrected chi connectivity index (χ3v) is 9.16. The van der Waals surface area contributed by atoms with Gasteiger partial charge in [-0.25, -0.2) is 0 Å². The van der Waals surface area contributed by atoms with E-state index in [1.807, 2.05) is 0 Å². The van der Waals surface area contributed by atoms with Crippen molar-refractivity contribution in [1.82, 2.24) is 0 Å². The quantitative estimate of drug-likeness (QED) is 0.224. The van der Waals surface area contributed by atoms with Crippen molar-refractivity contribution < 1.29 is 4.74 Å². The molecule has 0 saturated heterocycles. The van der Waals surface area contributed by atoms with Crippen LogP contribution in [0.5, 0.6) is 5.75 Å². The van der Waals surface area contributed by atoms with E-state index in [2.05, 4.69) is 136 Å². The van der Waals surface area contributed by atoms with Crippen LogP contribution >= 0.6 is 11.8 Å². The van der Waals surface area contributed by atoms with Crippen molar-refractivity contribution in [2.45, 2.75) is 36.7 Å². The van der Waals surface area contributed by atoms with Gasteiger partial charge in [0.25, 0.3) is 0 Å². The Labute approximate surface area is 229 Å². The molecule has 1 aliphatic heterocycles. The van der Waals surface area contributed by atoms with Gasteiger partial charge in [-0.15, -0.1) is 11.8 Å². The largest absolute Gasteiger partial charge is 0.472 e. The summed E-state index contributed by atoms with van der Waals surface area (Å²) in [5.74, 6) is 0.970. The van der Waals surface area contributed by atoms with Crippen LogP contribution in [0.3, 0.4) is 0 Å². The van der Waals surface area contributed by atoms with Crippen LogP contribution in [0.1, 0.15) is 47.2 Å². The average molecular weight is 511 g/mol. The van der Waals surface area contributed by atoms with E-state index in [9.17, 15) is 0 Å². The van der Waals surface area contributed by atoms with Crippen molar-refractivity contribution >= 4 is 28.6 Å². The second-order valence-corrected chi connectivity index (χ2v) is 11.9. The number of hydrogen-bond acceptors (Lipinski definition) is 2. The molecule has 38 heavy (non-hydrogen) atoms. The zero-order valence-corrected chi connectivity index (χ0v) is 23.0. The lowest BCUT2D eigenvalue weighted by Gasteiger charge is -2.38. The van der Waals surface area contributed by atoms with Crippen LogP contribution in [0.2, 0.25) is 0 Å². The lowest BCUT2D eigenvalue weighted by atomic mass is 9.76. The molecular weight excluding hydrogens is 480 g/mol. The number of ether oxygens (including phenoxy) is 1. The predicted octanol–water partition coefficient (Wildman–Crippen LogP) is 9.53. The highest BCUT2D eigenvalue weighted by atomic mass is 32.2. The Hall–Kier alpha value is -3.75. The van der Waals surface area contributed by atoms with Gasteiger partial charge in [0.2, 0.25) is 0 Å². The van der Waals surface area contributed by atoms with Gasteiger partial charge in [0.15, 0.2) is 5.60 Å². The zero-order chi connectivity index (χ0) is 26.1. The first kappa shape index (κ1) is 23.4. The molecule has 0 fully saturated rings. The second-order valence-electron chi connectivity index (χ2n) is 11.0. The highest BCUT2D eigenvalue weighted by Gasteiger charge is 2.44. The van der Waals surface area contributed by atoms with E-state index in [1.54, 1.807) is 11.8 Å². The Morgan fingerprint density at radius 1 is 0.737 bits per heavy atom. The Bertz CT molecular complexity index is 1750. The smallest absolute Gasteiger partial charge is 0.178 e. The summed E-state index contributed by atoms with van der Waals surface area (Å²) in [5, 5.41) is 2.42. The molecule has 0 saturated carbocycles. The molecule has 0 aromatic heterocycles. The molecule has 5 aromatic rings. The van der Waals surface area contributed by atoms with Crippen LogP contribution < -0.4 is 4.74 Å². The van der Waals surface area contributed by atoms with Crippen LogP contribution in [-0.4, -0.2) is 6.26 Å². The summed E-state index contributed by atoms with van der Waals surface area (Å²) in [6, 6.07) is 35.1. The molecule has 1 aliphatic carbocycles. The van der Waals surface area contributed by atoms with E-state index in [0.29, 0.717) is 0 Å². The van der Waals surface area contributed by atoms with Crippen molar-refractivity contribution in [3.63, 3.8) is 0 Å². The maximum atomic E-state index is 7.33. The molecule has 5 aromatic carbocycles. The van der Waals surface area contributed by atoms with Gasteiger partial charge in [0.1, 0.15) is 5.75 Å². The molecule has 1 heterocycles. The normalized spacial score (nSPS) is 18.5. The van der Waals surface area contributed by atoms with E-state index in [0.717, 1.165) is 22.3 Å². The lowest BCUT2D eigenvalue weighted by molar-refractivity contribution is 0.163. The van der Waals surface area contributed by atoms with Crippen LogP contribution in [0, 0.1) is 6.92 Å². The van der Waals surface area contributed by atoms with Gasteiger partial charge in [0, 0.05) is 32.4 Å². The summed E-state index contributed by atoms with van der Waals surface area (Å²) in [6.45, 7) is 6.91. The van der Waals surface area contributed by atoms with Crippen molar-refractivity contribution in [3.8, 4) is 16.9 Å². The predicted molar refractivity (Wildman–Crippen MR) is 161 cm³/mol. The number of benzene rings is 5. The average Bonchev–Trinajstić information content (AvgIpc) is 3.20. The van der Waals surface area contributed by atoms with Crippen molar-refractivity contribution in [3.05, 3.63) is 137 Å². The van der Waals surface area contributed by atoms with Crippen LogP contribution in [0.4, 0.5) is 0 Å². The molecule has 0 radical (unpaired) electrons. The molecule has 186 valence electrons. The standard InChI is InChI=1S/C36H30OS/c1-23-14-19-29-31(22-23)35(2,3)33-30-20-21-36(24-10-6-5-7-11-24,25-15-17-26(38-4)18-16-25)37-34(30)28-13-9-8-12-27(28)32(29)33/h5-22H,1-4H3. The monoisotopic (exact) mass is 510 g/mol.